The number of nitrogens with zero attached hydrogens (tertiary/aromatic N) is 3. The predicted molar refractivity (Wildman–Crippen MR) is 131 cm³/mol. The highest BCUT2D eigenvalue weighted by Gasteiger charge is 2.40. The Bertz CT molecular complexity index is 1320. The fraction of sp³-hybridized carbons (Fsp3) is 0.154. The molecule has 1 aromatic heterocycles. The molecule has 0 aliphatic carbocycles. The molecule has 0 spiro atoms. The number of halogens is 2. The van der Waals surface area contributed by atoms with E-state index in [-0.39, 0.29) is 24.4 Å². The zero-order valence-corrected chi connectivity index (χ0v) is 19.9. The SMILES string of the molecule is CC(c1ccc(N)cc1)N1C(=O)CO[C@H]1c1nn(-c2ccc(Br)cc2)cc1-c1ccc(F)cc1. The molecule has 4 aromatic rings. The van der Waals surface area contributed by atoms with E-state index in [9.17, 15) is 9.18 Å². The molecule has 5 rings (SSSR count). The lowest BCUT2D eigenvalue weighted by Gasteiger charge is -2.29. The first-order valence-electron chi connectivity index (χ1n) is 10.8. The van der Waals surface area contributed by atoms with E-state index in [4.69, 9.17) is 15.6 Å². The van der Waals surface area contributed by atoms with Gasteiger partial charge in [-0.3, -0.25) is 4.79 Å². The van der Waals surface area contributed by atoms with Gasteiger partial charge in [-0.25, -0.2) is 9.07 Å². The largest absolute Gasteiger partial charge is 0.399 e. The Morgan fingerprint density at radius 2 is 1.74 bits per heavy atom. The Morgan fingerprint density at radius 1 is 1.06 bits per heavy atom. The first-order chi connectivity index (χ1) is 16.4. The van der Waals surface area contributed by atoms with Crippen LogP contribution in [0.3, 0.4) is 0 Å². The Hall–Kier alpha value is -3.49. The highest BCUT2D eigenvalue weighted by atomic mass is 79.9. The van der Waals surface area contributed by atoms with Crippen molar-refractivity contribution in [3.63, 3.8) is 0 Å². The van der Waals surface area contributed by atoms with Crippen molar-refractivity contribution in [2.24, 2.45) is 0 Å². The lowest BCUT2D eigenvalue weighted by atomic mass is 10.0. The summed E-state index contributed by atoms with van der Waals surface area (Å²) in [6, 6.07) is 21.1. The smallest absolute Gasteiger partial charge is 0.251 e. The van der Waals surface area contributed by atoms with Crippen molar-refractivity contribution in [1.82, 2.24) is 14.7 Å². The molecule has 3 aromatic carbocycles. The van der Waals surface area contributed by atoms with Crippen molar-refractivity contribution >= 4 is 27.5 Å². The van der Waals surface area contributed by atoms with Crippen LogP contribution in [-0.4, -0.2) is 27.2 Å². The number of nitrogen functional groups attached to an aromatic ring is 1. The van der Waals surface area contributed by atoms with Gasteiger partial charge in [0.1, 0.15) is 18.1 Å². The first kappa shape index (κ1) is 22.3. The standard InChI is InChI=1S/C26H22BrFN4O2/c1-16(17-4-10-21(29)11-5-17)32-24(33)15-34-26(32)25-23(18-2-8-20(28)9-3-18)14-31(30-25)22-12-6-19(27)7-13-22/h2-14,16,26H,15,29H2,1H3/t16?,26-/m0/s1. The second kappa shape index (κ2) is 9.04. The minimum absolute atomic E-state index is 0.0437. The van der Waals surface area contributed by atoms with Crippen LogP contribution in [0.4, 0.5) is 10.1 Å². The number of ether oxygens (including phenoxy) is 1. The van der Waals surface area contributed by atoms with Gasteiger partial charge >= 0.3 is 0 Å². The van der Waals surface area contributed by atoms with Gasteiger partial charge in [0.15, 0.2) is 6.23 Å². The number of benzene rings is 3. The summed E-state index contributed by atoms with van der Waals surface area (Å²) < 4.78 is 22.3. The van der Waals surface area contributed by atoms with Gasteiger partial charge in [-0.2, -0.15) is 5.10 Å². The third-order valence-electron chi connectivity index (χ3n) is 5.96. The van der Waals surface area contributed by atoms with E-state index >= 15 is 0 Å². The van der Waals surface area contributed by atoms with Gasteiger partial charge < -0.3 is 15.4 Å². The molecule has 1 unspecified atom stereocenters. The van der Waals surface area contributed by atoms with Gasteiger partial charge in [0.25, 0.3) is 5.91 Å². The number of rotatable bonds is 5. The molecule has 1 amide bonds. The molecule has 1 fully saturated rings. The molecule has 172 valence electrons. The third kappa shape index (κ3) is 4.22. The molecule has 34 heavy (non-hydrogen) atoms. The molecular weight excluding hydrogens is 499 g/mol. The number of hydrogen-bond donors (Lipinski definition) is 1. The first-order valence-corrected chi connectivity index (χ1v) is 11.6. The molecule has 6 nitrogen and oxygen atoms in total. The topological polar surface area (TPSA) is 73.4 Å². The summed E-state index contributed by atoms with van der Waals surface area (Å²) in [4.78, 5) is 14.6. The Labute approximate surface area is 204 Å². The van der Waals surface area contributed by atoms with E-state index in [2.05, 4.69) is 15.9 Å². The average Bonchev–Trinajstić information content (AvgIpc) is 3.44. The zero-order valence-electron chi connectivity index (χ0n) is 18.4. The van der Waals surface area contributed by atoms with Gasteiger partial charge in [0.2, 0.25) is 0 Å². The quantitative estimate of drug-likeness (QED) is 0.345. The van der Waals surface area contributed by atoms with Crippen LogP contribution >= 0.6 is 15.9 Å². The van der Waals surface area contributed by atoms with Crippen LogP contribution in [-0.2, 0) is 9.53 Å². The normalized spacial score (nSPS) is 16.7. The van der Waals surface area contributed by atoms with Gasteiger partial charge in [-0.1, -0.05) is 40.2 Å². The number of aromatic nitrogens is 2. The maximum absolute atomic E-state index is 13.6. The van der Waals surface area contributed by atoms with E-state index in [0.717, 1.165) is 26.9 Å². The minimum Gasteiger partial charge on any atom is -0.399 e. The van der Waals surface area contributed by atoms with E-state index < -0.39 is 6.23 Å². The molecule has 0 bridgehead atoms. The summed E-state index contributed by atoms with van der Waals surface area (Å²) in [5.74, 6) is -0.450. The zero-order chi connectivity index (χ0) is 23.8. The highest BCUT2D eigenvalue weighted by Crippen LogP contribution is 2.39. The lowest BCUT2D eigenvalue weighted by molar-refractivity contribution is -0.130. The van der Waals surface area contributed by atoms with Gasteiger partial charge in [-0.15, -0.1) is 0 Å². The maximum Gasteiger partial charge on any atom is 0.251 e. The molecule has 2 atom stereocenters. The van der Waals surface area contributed by atoms with Crippen molar-refractivity contribution in [2.45, 2.75) is 19.2 Å². The van der Waals surface area contributed by atoms with E-state index in [1.54, 1.807) is 21.7 Å². The molecule has 8 heteroatoms. The summed E-state index contributed by atoms with van der Waals surface area (Å²) in [5.41, 5.74) is 10.4. The summed E-state index contributed by atoms with van der Waals surface area (Å²) in [7, 11) is 0. The number of amides is 1. The Kier molecular flexibility index (Phi) is 5.93. The molecule has 1 aliphatic heterocycles. The summed E-state index contributed by atoms with van der Waals surface area (Å²) >= 11 is 3.45. The van der Waals surface area contributed by atoms with Crippen LogP contribution in [0.5, 0.6) is 0 Å². The fourth-order valence-electron chi connectivity index (χ4n) is 4.15. The molecule has 1 saturated heterocycles. The predicted octanol–water partition coefficient (Wildman–Crippen LogP) is 5.64. The number of nitrogens with two attached hydrogens (primary N) is 1. The lowest BCUT2D eigenvalue weighted by Crippen LogP contribution is -2.32. The van der Waals surface area contributed by atoms with E-state index in [0.29, 0.717) is 11.4 Å². The van der Waals surface area contributed by atoms with Crippen LogP contribution in [0, 0.1) is 5.82 Å². The van der Waals surface area contributed by atoms with Gasteiger partial charge in [-0.05, 0) is 66.6 Å². The highest BCUT2D eigenvalue weighted by molar-refractivity contribution is 9.10. The maximum atomic E-state index is 13.6. The van der Waals surface area contributed by atoms with Crippen molar-refractivity contribution < 1.29 is 13.9 Å². The number of hydrogen-bond acceptors (Lipinski definition) is 4. The van der Waals surface area contributed by atoms with Crippen LogP contribution in [0.25, 0.3) is 16.8 Å². The van der Waals surface area contributed by atoms with E-state index in [1.807, 2.05) is 61.7 Å². The van der Waals surface area contributed by atoms with Crippen LogP contribution in [0.1, 0.15) is 30.5 Å². The summed E-state index contributed by atoms with van der Waals surface area (Å²) in [5, 5.41) is 4.83. The van der Waals surface area contributed by atoms with Gasteiger partial charge in [0, 0.05) is 21.9 Å². The third-order valence-corrected chi connectivity index (χ3v) is 6.49. The second-order valence-electron chi connectivity index (χ2n) is 8.16. The Morgan fingerprint density at radius 3 is 2.41 bits per heavy atom. The van der Waals surface area contributed by atoms with Crippen molar-refractivity contribution in [2.75, 3.05) is 12.3 Å². The van der Waals surface area contributed by atoms with Crippen LogP contribution < -0.4 is 5.73 Å². The molecular formula is C26H22BrFN4O2. The average molecular weight is 521 g/mol. The second-order valence-corrected chi connectivity index (χ2v) is 9.08. The molecule has 1 aliphatic rings. The number of anilines is 1. The van der Waals surface area contributed by atoms with Crippen LogP contribution in [0.2, 0.25) is 0 Å². The van der Waals surface area contributed by atoms with Gasteiger partial charge in [0.05, 0.1) is 11.7 Å². The van der Waals surface area contributed by atoms with E-state index in [1.165, 1.54) is 12.1 Å². The monoisotopic (exact) mass is 520 g/mol. The summed E-state index contributed by atoms with van der Waals surface area (Å²) in [6.07, 6.45) is 1.18. The van der Waals surface area contributed by atoms with Crippen molar-refractivity contribution in [1.29, 1.82) is 0 Å². The number of carbonyl (C=O) groups excluding carboxylic acids is 1. The fourth-order valence-corrected chi connectivity index (χ4v) is 4.41. The van der Waals surface area contributed by atoms with Crippen molar-refractivity contribution in [3.8, 4) is 16.8 Å². The van der Waals surface area contributed by atoms with Crippen molar-refractivity contribution in [3.05, 3.63) is 101 Å². The molecule has 0 saturated carbocycles. The molecule has 2 heterocycles. The molecule has 0 radical (unpaired) electrons. The van der Waals surface area contributed by atoms with Crippen LogP contribution in [0.15, 0.2) is 83.5 Å². The Balaban J connectivity index is 1.60. The molecule has 2 N–H and O–H groups in total. The summed E-state index contributed by atoms with van der Waals surface area (Å²) in [6.45, 7) is 1.91. The number of carbonyl (C=O) groups is 1. The minimum atomic E-state index is -0.697.